The number of benzene rings is 3. The van der Waals surface area contributed by atoms with Gasteiger partial charge in [-0.15, -0.1) is 0 Å². The summed E-state index contributed by atoms with van der Waals surface area (Å²) >= 11 is 25.4. The van der Waals surface area contributed by atoms with Crippen molar-refractivity contribution in [2.45, 2.75) is 25.7 Å². The Kier molecular flexibility index (Phi) is 10.1. The fourth-order valence-corrected chi connectivity index (χ4v) is 6.42. The summed E-state index contributed by atoms with van der Waals surface area (Å²) in [4.78, 5) is 30.3. The van der Waals surface area contributed by atoms with Crippen LogP contribution in [0.25, 0.3) is 6.08 Å². The zero-order valence-electron chi connectivity index (χ0n) is 23.8. The van der Waals surface area contributed by atoms with Gasteiger partial charge in [0.15, 0.2) is 22.0 Å². The van der Waals surface area contributed by atoms with E-state index in [1.165, 1.54) is 50.4 Å². The molecule has 3 aromatic carbocycles. The molecule has 0 amide bonds. The molecule has 0 aliphatic carbocycles. The smallest absolute Gasteiger partial charge is 0.434 e. The van der Waals surface area contributed by atoms with Crippen LogP contribution in [0.1, 0.15) is 29.7 Å². The van der Waals surface area contributed by atoms with E-state index in [0.29, 0.717) is 37.5 Å². The summed E-state index contributed by atoms with van der Waals surface area (Å²) in [5, 5.41) is 1.19. The third-order valence-corrected chi connectivity index (χ3v) is 8.95. The van der Waals surface area contributed by atoms with E-state index in [2.05, 4.69) is 4.99 Å². The molecule has 240 valence electrons. The maximum atomic E-state index is 14.3. The third-order valence-electron chi connectivity index (χ3n) is 6.70. The maximum absolute atomic E-state index is 14.3. The summed E-state index contributed by atoms with van der Waals surface area (Å²) in [5.41, 5.74) is -1.66. The average molecular weight is 732 g/mol. The highest BCUT2D eigenvalue weighted by molar-refractivity contribution is 7.07. The fraction of sp³-hybridized carbons (Fsp3) is 0.194. The first-order valence-electron chi connectivity index (χ1n) is 13.3. The molecule has 0 radical (unpaired) electrons. The highest BCUT2D eigenvalue weighted by atomic mass is 35.5. The molecule has 1 aliphatic heterocycles. The number of ether oxygens (including phenoxy) is 3. The number of thiazole rings is 1. The summed E-state index contributed by atoms with van der Waals surface area (Å²) < 4.78 is 60.4. The Balaban J connectivity index is 1.62. The van der Waals surface area contributed by atoms with Crippen LogP contribution in [0, 0.1) is 0 Å². The van der Waals surface area contributed by atoms with Gasteiger partial charge in [-0.2, -0.15) is 13.2 Å². The minimum Gasteiger partial charge on any atom is -0.493 e. The van der Waals surface area contributed by atoms with Crippen LogP contribution < -0.4 is 24.4 Å². The number of esters is 1. The molecule has 0 bridgehead atoms. The molecule has 0 spiro atoms. The predicted molar refractivity (Wildman–Crippen MR) is 171 cm³/mol. The molecule has 0 unspecified atom stereocenters. The molecule has 0 fully saturated rings. The molecule has 15 heteroatoms. The van der Waals surface area contributed by atoms with Crippen molar-refractivity contribution < 1.29 is 32.2 Å². The van der Waals surface area contributed by atoms with E-state index in [-0.39, 0.29) is 44.6 Å². The Morgan fingerprint density at radius 3 is 2.37 bits per heavy atom. The molecule has 4 aromatic rings. The van der Waals surface area contributed by atoms with Gasteiger partial charge in [0, 0.05) is 5.02 Å². The topological polar surface area (TPSA) is 79.1 Å². The molecule has 1 atom stereocenters. The standard InChI is InChI=1S/C31H21Cl4F3N2O5S/c1-3-44-29(42)24-25(17-5-7-18(32)8-6-17)40-28(41)23(46-30(40)39-27(24)31(36,37)38)13-16-11-21(35)26(22(12-16)43-2)45-14-15-4-9-19(33)20(34)10-15/h4-13,25H,3,14H2,1-2H3/b23-13-/t25-/m1/s1. The summed E-state index contributed by atoms with van der Waals surface area (Å²) in [6.07, 6.45) is -3.60. The van der Waals surface area contributed by atoms with Crippen LogP contribution >= 0.6 is 57.7 Å². The van der Waals surface area contributed by atoms with Crippen LogP contribution in [-0.4, -0.2) is 30.4 Å². The van der Waals surface area contributed by atoms with E-state index in [0.717, 1.165) is 4.57 Å². The van der Waals surface area contributed by atoms with E-state index in [4.69, 9.17) is 60.6 Å². The summed E-state index contributed by atoms with van der Waals surface area (Å²) in [7, 11) is 1.40. The quantitative estimate of drug-likeness (QED) is 0.175. The number of allylic oxidation sites excluding steroid dienone is 1. The highest BCUT2D eigenvalue weighted by Crippen LogP contribution is 2.39. The lowest BCUT2D eigenvalue weighted by Gasteiger charge is -2.26. The molecule has 0 N–H and O–H groups in total. The third kappa shape index (κ3) is 6.94. The summed E-state index contributed by atoms with van der Waals surface area (Å²) in [6, 6.07) is 12.3. The number of methoxy groups -OCH3 is 1. The molecule has 7 nitrogen and oxygen atoms in total. The summed E-state index contributed by atoms with van der Waals surface area (Å²) in [5.74, 6) is -0.805. The van der Waals surface area contributed by atoms with Crippen LogP contribution in [0.15, 0.2) is 75.7 Å². The lowest BCUT2D eigenvalue weighted by atomic mass is 9.95. The number of aromatic nitrogens is 1. The lowest BCUT2D eigenvalue weighted by Crippen LogP contribution is -2.41. The largest absolute Gasteiger partial charge is 0.493 e. The van der Waals surface area contributed by atoms with E-state index in [1.54, 1.807) is 24.3 Å². The number of rotatable bonds is 8. The Hall–Kier alpha value is -3.48. The lowest BCUT2D eigenvalue weighted by molar-refractivity contribution is -0.140. The maximum Gasteiger partial charge on any atom is 0.434 e. The molecular formula is C31H21Cl4F3N2O5S. The van der Waals surface area contributed by atoms with Crippen molar-refractivity contribution in [3.8, 4) is 11.5 Å². The van der Waals surface area contributed by atoms with Gasteiger partial charge >= 0.3 is 12.1 Å². The first-order valence-corrected chi connectivity index (χ1v) is 15.6. The highest BCUT2D eigenvalue weighted by Gasteiger charge is 2.45. The molecule has 5 rings (SSSR count). The molecule has 0 saturated heterocycles. The zero-order chi connectivity index (χ0) is 33.3. The van der Waals surface area contributed by atoms with Gasteiger partial charge in [0.25, 0.3) is 5.56 Å². The number of halogens is 7. The van der Waals surface area contributed by atoms with Crippen LogP contribution in [-0.2, 0) is 16.1 Å². The van der Waals surface area contributed by atoms with E-state index < -0.39 is 35.0 Å². The second-order valence-electron chi connectivity index (χ2n) is 9.69. The number of nitrogens with zero attached hydrogens (tertiary/aromatic N) is 2. The minimum absolute atomic E-state index is 0.0203. The van der Waals surface area contributed by atoms with E-state index in [1.807, 2.05) is 0 Å². The zero-order valence-corrected chi connectivity index (χ0v) is 27.6. The normalized spacial score (nSPS) is 15.0. The summed E-state index contributed by atoms with van der Waals surface area (Å²) in [6.45, 7) is 1.35. The number of fused-ring (bicyclic) bond motifs is 1. The van der Waals surface area contributed by atoms with Crippen molar-refractivity contribution in [1.29, 1.82) is 0 Å². The average Bonchev–Trinajstić information content (AvgIpc) is 3.31. The van der Waals surface area contributed by atoms with E-state index >= 15 is 0 Å². The molecule has 0 saturated carbocycles. The molecule has 46 heavy (non-hydrogen) atoms. The number of hydrogen-bond donors (Lipinski definition) is 0. The Morgan fingerprint density at radius 2 is 1.74 bits per heavy atom. The number of carbonyl (C=O) groups excluding carboxylic acids is 1. The second-order valence-corrected chi connectivity index (χ2v) is 12.4. The van der Waals surface area contributed by atoms with Crippen molar-refractivity contribution >= 4 is 69.8 Å². The Bertz CT molecular complexity index is 2040. The van der Waals surface area contributed by atoms with Gasteiger partial charge in [0.2, 0.25) is 0 Å². The first-order chi connectivity index (χ1) is 21.8. The minimum atomic E-state index is -5.03. The van der Waals surface area contributed by atoms with Crippen molar-refractivity contribution in [2.24, 2.45) is 4.99 Å². The first kappa shape index (κ1) is 33.9. The van der Waals surface area contributed by atoms with E-state index in [9.17, 15) is 22.8 Å². The fourth-order valence-electron chi connectivity index (χ4n) is 4.70. The second kappa shape index (κ2) is 13.7. The van der Waals surface area contributed by atoms with Gasteiger partial charge < -0.3 is 14.2 Å². The monoisotopic (exact) mass is 730 g/mol. The predicted octanol–water partition coefficient (Wildman–Crippen LogP) is 7.54. The van der Waals surface area contributed by atoms with Crippen molar-refractivity contribution in [2.75, 3.05) is 13.7 Å². The SMILES string of the molecule is CCOC(=O)C1=C(C(F)(F)F)N=c2s/c(=C\c3cc(Cl)c(OCc4ccc(Cl)c(Cl)c4)c(OC)c3)c(=O)n2[C@@H]1c1ccc(Cl)cc1. The number of carbonyl (C=O) groups is 1. The van der Waals surface area contributed by atoms with Crippen molar-refractivity contribution in [3.63, 3.8) is 0 Å². The van der Waals surface area contributed by atoms with Gasteiger partial charge in [0.05, 0.1) is 44.9 Å². The van der Waals surface area contributed by atoms with Gasteiger partial charge in [-0.3, -0.25) is 9.36 Å². The van der Waals surface area contributed by atoms with Crippen molar-refractivity contribution in [1.82, 2.24) is 4.57 Å². The van der Waals surface area contributed by atoms with Gasteiger partial charge in [-0.25, -0.2) is 9.79 Å². The van der Waals surface area contributed by atoms with Crippen LogP contribution in [0.4, 0.5) is 13.2 Å². The van der Waals surface area contributed by atoms with Gasteiger partial charge in [0.1, 0.15) is 6.61 Å². The molecular weight excluding hydrogens is 711 g/mol. The van der Waals surface area contributed by atoms with Crippen LogP contribution in [0.2, 0.25) is 20.1 Å². The Morgan fingerprint density at radius 1 is 1.02 bits per heavy atom. The van der Waals surface area contributed by atoms with Crippen LogP contribution in [0.3, 0.4) is 0 Å². The molecule has 1 aliphatic rings. The van der Waals surface area contributed by atoms with Gasteiger partial charge in [-0.05, 0) is 66.1 Å². The van der Waals surface area contributed by atoms with Gasteiger partial charge in [-0.1, -0.05) is 75.9 Å². The molecule has 1 aromatic heterocycles. The van der Waals surface area contributed by atoms with Crippen molar-refractivity contribution in [3.05, 3.63) is 122 Å². The Labute approximate surface area is 283 Å². The molecule has 2 heterocycles. The number of alkyl halides is 3. The number of hydrogen-bond acceptors (Lipinski definition) is 7. The van der Waals surface area contributed by atoms with Crippen LogP contribution in [0.5, 0.6) is 11.5 Å².